The number of hydrogen-bond donors (Lipinski definition) is 4. The lowest BCUT2D eigenvalue weighted by Crippen LogP contribution is -2.17. The molecule has 0 radical (unpaired) electrons. The first-order valence-corrected chi connectivity index (χ1v) is 9.43. The van der Waals surface area contributed by atoms with Crippen molar-refractivity contribution in [3.63, 3.8) is 0 Å². The van der Waals surface area contributed by atoms with E-state index < -0.39 is 32.2 Å². The highest BCUT2D eigenvalue weighted by Gasteiger charge is 2.29. The average Bonchev–Trinajstić information content (AvgIpc) is 2.56. The third kappa shape index (κ3) is 4.44. The number of ether oxygens (including phenoxy) is 1. The molecule has 0 bridgehead atoms. The molecule has 0 heterocycles. The van der Waals surface area contributed by atoms with E-state index in [0.29, 0.717) is 12.3 Å². The second-order valence-corrected chi connectivity index (χ2v) is 7.02. The minimum absolute atomic E-state index is 0.113. The van der Waals surface area contributed by atoms with Crippen LogP contribution in [-0.2, 0) is 10.0 Å². The van der Waals surface area contributed by atoms with Crippen molar-refractivity contribution < 1.29 is 28.2 Å². The minimum Gasteiger partial charge on any atom is -0.505 e. The van der Waals surface area contributed by atoms with E-state index >= 15 is 0 Å². The first kappa shape index (κ1) is 19.5. The Labute approximate surface area is 151 Å². The monoisotopic (exact) mass is 380 g/mol. The van der Waals surface area contributed by atoms with Gasteiger partial charge < -0.3 is 20.3 Å². The first-order valence-electron chi connectivity index (χ1n) is 7.88. The highest BCUT2D eigenvalue weighted by atomic mass is 32.2. The first-order chi connectivity index (χ1) is 12.3. The van der Waals surface area contributed by atoms with E-state index in [2.05, 4.69) is 5.32 Å². The number of unbranched alkanes of at least 4 members (excludes halogenated alkanes) is 1. The summed E-state index contributed by atoms with van der Waals surface area (Å²) in [5.41, 5.74) is -0.477. The lowest BCUT2D eigenvalue weighted by molar-refractivity contribution is 0.0693. The van der Waals surface area contributed by atoms with Crippen LogP contribution in [0.15, 0.2) is 41.3 Å². The number of aromatic hydroxyl groups is 1. The summed E-state index contributed by atoms with van der Waals surface area (Å²) in [5.74, 6) is -2.40. The van der Waals surface area contributed by atoms with Gasteiger partial charge in [-0.15, -0.1) is 0 Å². The number of anilines is 1. The Balaban J connectivity index is 2.70. The van der Waals surface area contributed by atoms with Crippen LogP contribution >= 0.6 is 0 Å². The Kier molecular flexibility index (Phi) is 6.06. The number of nitrogens with two attached hydrogens (primary N) is 1. The molecule has 0 aliphatic carbocycles. The van der Waals surface area contributed by atoms with E-state index in [-0.39, 0.29) is 11.4 Å². The molecule has 9 heteroatoms. The predicted octanol–water partition coefficient (Wildman–Crippen LogP) is 2.74. The second-order valence-electron chi connectivity index (χ2n) is 5.52. The molecule has 0 atom stereocenters. The van der Waals surface area contributed by atoms with Crippen LogP contribution in [-0.4, -0.2) is 31.1 Å². The SMILES string of the molecule is CCCCNc1cc(C(=O)O)c(O)c(S(N)(=O)=O)c1Oc1ccccc1. The number of phenols is 1. The zero-order valence-electron chi connectivity index (χ0n) is 14.1. The zero-order chi connectivity index (χ0) is 19.3. The Morgan fingerprint density at radius 2 is 1.92 bits per heavy atom. The maximum atomic E-state index is 12.0. The van der Waals surface area contributed by atoms with Gasteiger partial charge in [0, 0.05) is 6.54 Å². The molecule has 0 aliphatic heterocycles. The van der Waals surface area contributed by atoms with Crippen molar-refractivity contribution in [1.82, 2.24) is 0 Å². The molecule has 2 aromatic carbocycles. The van der Waals surface area contributed by atoms with Crippen molar-refractivity contribution in [3.8, 4) is 17.2 Å². The van der Waals surface area contributed by atoms with Crippen molar-refractivity contribution in [3.05, 3.63) is 42.0 Å². The van der Waals surface area contributed by atoms with Gasteiger partial charge in [-0.2, -0.15) is 0 Å². The topological polar surface area (TPSA) is 139 Å². The summed E-state index contributed by atoms with van der Waals surface area (Å²) in [7, 11) is -4.47. The van der Waals surface area contributed by atoms with Crippen LogP contribution in [0.2, 0.25) is 0 Å². The summed E-state index contributed by atoms with van der Waals surface area (Å²) in [4.78, 5) is 10.6. The molecule has 0 unspecified atom stereocenters. The van der Waals surface area contributed by atoms with Gasteiger partial charge in [0.15, 0.2) is 16.4 Å². The normalized spacial score (nSPS) is 11.2. The minimum atomic E-state index is -4.47. The number of nitrogens with one attached hydrogen (secondary N) is 1. The van der Waals surface area contributed by atoms with Crippen LogP contribution in [0.3, 0.4) is 0 Å². The van der Waals surface area contributed by atoms with Gasteiger partial charge in [-0.05, 0) is 24.6 Å². The molecule has 0 aromatic heterocycles. The molecule has 5 N–H and O–H groups in total. The Bertz CT molecular complexity index is 897. The molecule has 2 aromatic rings. The third-order valence-corrected chi connectivity index (χ3v) is 4.48. The maximum absolute atomic E-state index is 12.0. The number of aromatic carboxylic acids is 1. The third-order valence-electron chi connectivity index (χ3n) is 3.53. The summed E-state index contributed by atoms with van der Waals surface area (Å²) in [5, 5.41) is 27.6. The molecule has 26 heavy (non-hydrogen) atoms. The highest BCUT2D eigenvalue weighted by Crippen LogP contribution is 2.43. The van der Waals surface area contributed by atoms with E-state index in [1.807, 2.05) is 6.92 Å². The standard InChI is InChI=1S/C17H20N2O6S/c1-2-3-9-19-13-10-12(17(21)22)14(20)16(26(18,23)24)15(13)25-11-7-5-4-6-8-11/h4-8,10,19-20H,2-3,9H2,1H3,(H,21,22)(H2,18,23,24). The lowest BCUT2D eigenvalue weighted by Gasteiger charge is -2.18. The quantitative estimate of drug-likeness (QED) is 0.408. The summed E-state index contributed by atoms with van der Waals surface area (Å²) < 4.78 is 29.7. The number of hydrogen-bond acceptors (Lipinski definition) is 6. The number of carboxylic acids is 1. The van der Waals surface area contributed by atoms with Crippen LogP contribution in [0.1, 0.15) is 30.1 Å². The maximum Gasteiger partial charge on any atom is 0.339 e. The second kappa shape index (κ2) is 8.07. The van der Waals surface area contributed by atoms with Gasteiger partial charge >= 0.3 is 5.97 Å². The van der Waals surface area contributed by atoms with Gasteiger partial charge in [0.25, 0.3) is 0 Å². The molecule has 0 saturated heterocycles. The Morgan fingerprint density at radius 1 is 1.27 bits per heavy atom. The smallest absolute Gasteiger partial charge is 0.339 e. The Morgan fingerprint density at radius 3 is 2.46 bits per heavy atom. The van der Waals surface area contributed by atoms with Crippen molar-refractivity contribution >= 4 is 21.7 Å². The molecule has 0 fully saturated rings. The van der Waals surface area contributed by atoms with Crippen LogP contribution in [0, 0.1) is 0 Å². The van der Waals surface area contributed by atoms with Gasteiger partial charge in [0.1, 0.15) is 11.3 Å². The van der Waals surface area contributed by atoms with E-state index in [1.165, 1.54) is 0 Å². The zero-order valence-corrected chi connectivity index (χ0v) is 14.9. The molecule has 0 amide bonds. The van der Waals surface area contributed by atoms with Crippen molar-refractivity contribution in [1.29, 1.82) is 0 Å². The molecule has 0 spiro atoms. The van der Waals surface area contributed by atoms with Gasteiger partial charge in [0.2, 0.25) is 10.0 Å². The van der Waals surface area contributed by atoms with Gasteiger partial charge in [-0.3, -0.25) is 0 Å². The van der Waals surface area contributed by atoms with Gasteiger partial charge in [-0.1, -0.05) is 31.5 Å². The fraction of sp³-hybridized carbons (Fsp3) is 0.235. The number of para-hydroxylation sites is 1. The number of primary sulfonamides is 1. The molecular formula is C17H20N2O6S. The lowest BCUT2D eigenvalue weighted by atomic mass is 10.1. The van der Waals surface area contributed by atoms with Crippen LogP contribution < -0.4 is 15.2 Å². The molecule has 0 aliphatic rings. The van der Waals surface area contributed by atoms with Crippen LogP contribution in [0.4, 0.5) is 5.69 Å². The molecular weight excluding hydrogens is 360 g/mol. The van der Waals surface area contributed by atoms with E-state index in [4.69, 9.17) is 9.88 Å². The van der Waals surface area contributed by atoms with Crippen LogP contribution in [0.25, 0.3) is 0 Å². The summed E-state index contributed by atoms with van der Waals surface area (Å²) >= 11 is 0. The fourth-order valence-electron chi connectivity index (χ4n) is 2.30. The van der Waals surface area contributed by atoms with E-state index in [9.17, 15) is 23.4 Å². The molecule has 2 rings (SSSR count). The van der Waals surface area contributed by atoms with Crippen molar-refractivity contribution in [2.45, 2.75) is 24.7 Å². The average molecular weight is 380 g/mol. The predicted molar refractivity (Wildman–Crippen MR) is 96.4 cm³/mol. The molecule has 8 nitrogen and oxygen atoms in total. The summed E-state index contributed by atoms with van der Waals surface area (Å²) in [6, 6.07) is 9.41. The number of carboxylic acid groups (broad SMARTS) is 1. The number of carbonyl (C=O) groups is 1. The largest absolute Gasteiger partial charge is 0.505 e. The summed E-state index contributed by atoms with van der Waals surface area (Å²) in [6.45, 7) is 2.42. The van der Waals surface area contributed by atoms with Gasteiger partial charge in [-0.25, -0.2) is 18.4 Å². The van der Waals surface area contributed by atoms with Crippen molar-refractivity contribution in [2.24, 2.45) is 5.14 Å². The van der Waals surface area contributed by atoms with Crippen LogP contribution in [0.5, 0.6) is 17.2 Å². The molecule has 140 valence electrons. The van der Waals surface area contributed by atoms with E-state index in [1.54, 1.807) is 30.3 Å². The molecule has 0 saturated carbocycles. The highest BCUT2D eigenvalue weighted by molar-refractivity contribution is 7.89. The van der Waals surface area contributed by atoms with Crippen molar-refractivity contribution in [2.75, 3.05) is 11.9 Å². The number of sulfonamides is 1. The number of rotatable bonds is 8. The number of benzene rings is 2. The van der Waals surface area contributed by atoms with E-state index in [0.717, 1.165) is 18.9 Å². The Hall–Kier alpha value is -2.78. The van der Waals surface area contributed by atoms with Gasteiger partial charge in [0.05, 0.1) is 5.69 Å². The fourth-order valence-corrected chi connectivity index (χ4v) is 3.09. The summed E-state index contributed by atoms with van der Waals surface area (Å²) in [6.07, 6.45) is 1.63.